The molecule has 1 rings (SSSR count). The second-order valence-electron chi connectivity index (χ2n) is 4.44. The normalized spacial score (nSPS) is 13.2. The van der Waals surface area contributed by atoms with E-state index in [4.69, 9.17) is 0 Å². The maximum Gasteiger partial charge on any atom is 0.293 e. The van der Waals surface area contributed by atoms with Gasteiger partial charge in [-0.15, -0.1) is 0 Å². The monoisotopic (exact) mass is 350 g/mol. The Hall–Kier alpha value is -0.890. The van der Waals surface area contributed by atoms with Crippen LogP contribution in [0, 0.1) is 13.7 Å². The zero-order valence-corrected chi connectivity index (χ0v) is 12.1. The molecule has 0 saturated heterocycles. The van der Waals surface area contributed by atoms with Crippen molar-refractivity contribution in [2.24, 2.45) is 0 Å². The molecule has 5 nitrogen and oxygen atoms in total. The van der Waals surface area contributed by atoms with E-state index in [2.05, 4.69) is 5.32 Å². The van der Waals surface area contributed by atoms with Crippen LogP contribution in [0.2, 0.25) is 0 Å². The number of hydrogen-bond acceptors (Lipinski definition) is 4. The van der Waals surface area contributed by atoms with Crippen LogP contribution in [0.1, 0.15) is 20.8 Å². The summed E-state index contributed by atoms with van der Waals surface area (Å²) in [4.78, 5) is 10.5. The van der Waals surface area contributed by atoms with Crippen molar-refractivity contribution in [3.8, 4) is 0 Å². The first kappa shape index (κ1) is 14.2. The lowest BCUT2D eigenvalue weighted by atomic mass is 9.98. The van der Waals surface area contributed by atoms with Crippen LogP contribution in [-0.2, 0) is 0 Å². The molecule has 0 saturated carbocycles. The van der Waals surface area contributed by atoms with Gasteiger partial charge in [0.1, 0.15) is 5.69 Å². The second kappa shape index (κ2) is 5.18. The van der Waals surface area contributed by atoms with Crippen molar-refractivity contribution in [3.63, 3.8) is 0 Å². The molecule has 0 bridgehead atoms. The van der Waals surface area contributed by atoms with Gasteiger partial charge >= 0.3 is 0 Å². The molecule has 6 heteroatoms. The summed E-state index contributed by atoms with van der Waals surface area (Å²) < 4.78 is 0.801. The van der Waals surface area contributed by atoms with Gasteiger partial charge in [-0.05, 0) is 55.5 Å². The SMILES string of the molecule is CC(O)C(C)(C)Nc1ccc(I)cc1[N+](=O)[O-]. The Bertz CT molecular complexity index is 433. The number of nitrogens with one attached hydrogen (secondary N) is 1. The van der Waals surface area contributed by atoms with Crippen LogP contribution in [0.15, 0.2) is 18.2 Å². The van der Waals surface area contributed by atoms with Crippen LogP contribution < -0.4 is 5.32 Å². The Labute approximate surface area is 114 Å². The Kier molecular flexibility index (Phi) is 4.31. The molecule has 17 heavy (non-hydrogen) atoms. The van der Waals surface area contributed by atoms with E-state index in [1.54, 1.807) is 32.9 Å². The summed E-state index contributed by atoms with van der Waals surface area (Å²) in [7, 11) is 0. The number of nitrogens with zero attached hydrogens (tertiary/aromatic N) is 1. The average molecular weight is 350 g/mol. The number of benzene rings is 1. The first-order valence-corrected chi connectivity index (χ1v) is 6.22. The van der Waals surface area contributed by atoms with Crippen molar-refractivity contribution in [2.75, 3.05) is 5.32 Å². The summed E-state index contributed by atoms with van der Waals surface area (Å²) in [6.45, 7) is 5.23. The molecule has 94 valence electrons. The largest absolute Gasteiger partial charge is 0.391 e. The highest BCUT2D eigenvalue weighted by molar-refractivity contribution is 14.1. The summed E-state index contributed by atoms with van der Waals surface area (Å²) in [5.74, 6) is 0. The van der Waals surface area contributed by atoms with E-state index in [1.807, 2.05) is 22.6 Å². The number of nitro benzene ring substituents is 1. The van der Waals surface area contributed by atoms with Crippen LogP contribution in [-0.4, -0.2) is 21.7 Å². The molecule has 0 heterocycles. The lowest BCUT2D eigenvalue weighted by molar-refractivity contribution is -0.384. The van der Waals surface area contributed by atoms with Gasteiger partial charge in [-0.1, -0.05) is 0 Å². The van der Waals surface area contributed by atoms with Gasteiger partial charge in [0.2, 0.25) is 0 Å². The minimum Gasteiger partial charge on any atom is -0.391 e. The zero-order chi connectivity index (χ0) is 13.2. The molecule has 1 atom stereocenters. The molecule has 2 N–H and O–H groups in total. The highest BCUT2D eigenvalue weighted by Crippen LogP contribution is 2.29. The molecule has 0 fully saturated rings. The van der Waals surface area contributed by atoms with Gasteiger partial charge in [-0.25, -0.2) is 0 Å². The molecule has 0 spiro atoms. The number of rotatable bonds is 4. The van der Waals surface area contributed by atoms with E-state index in [0.29, 0.717) is 5.69 Å². The van der Waals surface area contributed by atoms with E-state index in [-0.39, 0.29) is 5.69 Å². The van der Waals surface area contributed by atoms with Crippen molar-refractivity contribution in [2.45, 2.75) is 32.4 Å². The summed E-state index contributed by atoms with van der Waals surface area (Å²) in [6, 6.07) is 4.94. The molecule has 0 aromatic heterocycles. The molecular formula is C11H15IN2O3. The third-order valence-corrected chi connectivity index (χ3v) is 3.33. The quantitative estimate of drug-likeness (QED) is 0.497. The minimum atomic E-state index is -0.627. The minimum absolute atomic E-state index is 0.0191. The van der Waals surface area contributed by atoms with E-state index in [0.717, 1.165) is 3.57 Å². The lowest BCUT2D eigenvalue weighted by Crippen LogP contribution is -2.42. The van der Waals surface area contributed by atoms with Crippen LogP contribution in [0.25, 0.3) is 0 Å². The fraction of sp³-hybridized carbons (Fsp3) is 0.455. The number of nitro groups is 1. The first-order chi connectivity index (χ1) is 7.74. The van der Waals surface area contributed by atoms with Gasteiger partial charge in [0.15, 0.2) is 0 Å². The smallest absolute Gasteiger partial charge is 0.293 e. The number of aliphatic hydroxyl groups excluding tert-OH is 1. The van der Waals surface area contributed by atoms with E-state index in [1.165, 1.54) is 6.07 Å². The van der Waals surface area contributed by atoms with Crippen molar-refractivity contribution < 1.29 is 10.0 Å². The maximum atomic E-state index is 10.9. The van der Waals surface area contributed by atoms with E-state index in [9.17, 15) is 15.2 Å². The van der Waals surface area contributed by atoms with Gasteiger partial charge in [-0.3, -0.25) is 10.1 Å². The predicted octanol–water partition coefficient (Wildman–Crippen LogP) is 2.77. The summed E-state index contributed by atoms with van der Waals surface area (Å²) >= 11 is 2.02. The number of hydrogen-bond donors (Lipinski definition) is 2. The van der Waals surface area contributed by atoms with Gasteiger partial charge in [-0.2, -0.15) is 0 Å². The number of halogens is 1. The molecule has 1 unspecified atom stereocenters. The average Bonchev–Trinajstić information content (AvgIpc) is 2.19. The molecule has 1 aromatic carbocycles. The topological polar surface area (TPSA) is 75.4 Å². The predicted molar refractivity (Wildman–Crippen MR) is 75.2 cm³/mol. The van der Waals surface area contributed by atoms with Crippen LogP contribution in [0.4, 0.5) is 11.4 Å². The van der Waals surface area contributed by atoms with E-state index < -0.39 is 16.6 Å². The fourth-order valence-electron chi connectivity index (χ4n) is 1.21. The Balaban J connectivity index is 3.11. The molecule has 1 aromatic rings. The Morgan fingerprint density at radius 3 is 2.59 bits per heavy atom. The van der Waals surface area contributed by atoms with E-state index >= 15 is 0 Å². The maximum absolute atomic E-state index is 10.9. The molecule has 0 radical (unpaired) electrons. The fourth-order valence-corrected chi connectivity index (χ4v) is 1.69. The third kappa shape index (κ3) is 3.53. The molecule has 0 aliphatic heterocycles. The second-order valence-corrected chi connectivity index (χ2v) is 5.69. The molecule has 0 aliphatic carbocycles. The van der Waals surface area contributed by atoms with Gasteiger partial charge < -0.3 is 10.4 Å². The number of aliphatic hydroxyl groups is 1. The highest BCUT2D eigenvalue weighted by Gasteiger charge is 2.26. The summed E-state index contributed by atoms with van der Waals surface area (Å²) in [5.41, 5.74) is -0.190. The van der Waals surface area contributed by atoms with Crippen LogP contribution in [0.3, 0.4) is 0 Å². The van der Waals surface area contributed by atoms with Crippen LogP contribution >= 0.6 is 22.6 Å². The summed E-state index contributed by atoms with van der Waals surface area (Å²) in [5, 5.41) is 23.5. The third-order valence-electron chi connectivity index (χ3n) is 2.66. The Morgan fingerprint density at radius 2 is 2.12 bits per heavy atom. The standard InChI is InChI=1S/C11H15IN2O3/c1-7(15)11(2,3)13-9-5-4-8(12)6-10(9)14(16)17/h4-7,13,15H,1-3H3. The number of anilines is 1. The van der Waals surface area contributed by atoms with Crippen molar-refractivity contribution in [3.05, 3.63) is 31.9 Å². The molecule has 0 amide bonds. The zero-order valence-electron chi connectivity index (χ0n) is 9.90. The van der Waals surface area contributed by atoms with Gasteiger partial charge in [0.25, 0.3) is 5.69 Å². The van der Waals surface area contributed by atoms with Gasteiger partial charge in [0.05, 0.1) is 16.6 Å². The van der Waals surface area contributed by atoms with Gasteiger partial charge in [0, 0.05) is 9.64 Å². The van der Waals surface area contributed by atoms with Crippen LogP contribution in [0.5, 0.6) is 0 Å². The van der Waals surface area contributed by atoms with Crippen molar-refractivity contribution >= 4 is 34.0 Å². The van der Waals surface area contributed by atoms with Crippen molar-refractivity contribution in [1.82, 2.24) is 0 Å². The first-order valence-electron chi connectivity index (χ1n) is 5.14. The summed E-state index contributed by atoms with van der Waals surface area (Å²) in [6.07, 6.45) is -0.624. The lowest BCUT2D eigenvalue weighted by Gasteiger charge is -2.30. The van der Waals surface area contributed by atoms with Crippen molar-refractivity contribution in [1.29, 1.82) is 0 Å². The molecular weight excluding hydrogens is 335 g/mol. The Morgan fingerprint density at radius 1 is 1.53 bits per heavy atom. The highest BCUT2D eigenvalue weighted by atomic mass is 127. The molecule has 0 aliphatic rings.